The second-order valence-corrected chi connectivity index (χ2v) is 6.94. The molecule has 6 atom stereocenters. The van der Waals surface area contributed by atoms with E-state index in [0.29, 0.717) is 0 Å². The first kappa shape index (κ1) is 21.6. The number of allylic oxidation sites excluding steroid dienone is 1. The molecule has 1 spiro atoms. The third kappa shape index (κ3) is 4.23. The molecular formula is C16H29NO5Y. The topological polar surface area (TPSA) is 101 Å². The molecule has 6 unspecified atom stereocenters. The molecule has 3 rings (SSSR count). The summed E-state index contributed by atoms with van der Waals surface area (Å²) in [6.07, 6.45) is 4.43. The average Bonchev–Trinajstić information content (AvgIpc) is 3.40. The molecule has 4 N–H and O–H groups in total. The van der Waals surface area contributed by atoms with Crippen molar-refractivity contribution in [2.45, 2.75) is 69.5 Å². The Balaban J connectivity index is 0.000000849. The average molecular weight is 404 g/mol. The summed E-state index contributed by atoms with van der Waals surface area (Å²) < 4.78 is 17.4. The zero-order valence-electron chi connectivity index (χ0n) is 14.5. The van der Waals surface area contributed by atoms with Gasteiger partial charge in [0.1, 0.15) is 5.60 Å². The predicted octanol–water partition coefficient (Wildman–Crippen LogP) is 1.39. The molecule has 0 aromatic carbocycles. The first-order valence-electron chi connectivity index (χ1n) is 7.85. The second-order valence-electron chi connectivity index (χ2n) is 6.94. The van der Waals surface area contributed by atoms with E-state index in [1.54, 1.807) is 7.11 Å². The quantitative estimate of drug-likeness (QED) is 0.372. The molecule has 0 amide bonds. The molecule has 131 valence electrons. The van der Waals surface area contributed by atoms with Crippen LogP contribution in [0.25, 0.3) is 0 Å². The zero-order valence-corrected chi connectivity index (χ0v) is 17.3. The first-order chi connectivity index (χ1) is 10.4. The molecule has 2 saturated heterocycles. The molecule has 3 fully saturated rings. The van der Waals surface area contributed by atoms with E-state index < -0.39 is 6.10 Å². The Morgan fingerprint density at radius 3 is 2.48 bits per heavy atom. The fraction of sp³-hybridized carbons (Fsp3) is 0.875. The van der Waals surface area contributed by atoms with E-state index in [2.05, 4.69) is 32.7 Å². The molecule has 0 bridgehead atoms. The van der Waals surface area contributed by atoms with E-state index >= 15 is 0 Å². The van der Waals surface area contributed by atoms with Gasteiger partial charge in [-0.15, -0.1) is 0 Å². The normalized spacial score (nSPS) is 43.8. The SMILES string of the molecule is COC1C(O)CCC2(CO2)C1C1(C)OC1CC=C(C)C.NO.[Y]. The van der Waals surface area contributed by atoms with E-state index in [1.807, 2.05) is 0 Å². The molecule has 7 heteroatoms. The summed E-state index contributed by atoms with van der Waals surface area (Å²) in [5.74, 6) is 3.62. The third-order valence-corrected chi connectivity index (χ3v) is 5.26. The van der Waals surface area contributed by atoms with Gasteiger partial charge in [0.25, 0.3) is 0 Å². The van der Waals surface area contributed by atoms with Gasteiger partial charge in [-0.1, -0.05) is 11.6 Å². The van der Waals surface area contributed by atoms with E-state index in [0.717, 1.165) is 25.9 Å². The van der Waals surface area contributed by atoms with Crippen molar-refractivity contribution in [1.29, 1.82) is 0 Å². The monoisotopic (exact) mass is 404 g/mol. The summed E-state index contributed by atoms with van der Waals surface area (Å²) in [7, 11) is 1.68. The summed E-state index contributed by atoms with van der Waals surface area (Å²) in [5, 5.41) is 16.7. The Morgan fingerprint density at radius 1 is 1.39 bits per heavy atom. The van der Waals surface area contributed by atoms with Crippen LogP contribution in [0.4, 0.5) is 0 Å². The molecule has 2 aliphatic heterocycles. The van der Waals surface area contributed by atoms with Crippen LogP contribution in [0.5, 0.6) is 0 Å². The molecular weight excluding hydrogens is 375 g/mol. The fourth-order valence-corrected chi connectivity index (χ4v) is 3.96. The van der Waals surface area contributed by atoms with Crippen LogP contribution in [0.2, 0.25) is 0 Å². The van der Waals surface area contributed by atoms with Gasteiger partial charge < -0.3 is 24.5 Å². The smallest absolute Gasteiger partial charge is 0.101 e. The van der Waals surface area contributed by atoms with E-state index in [1.165, 1.54) is 5.57 Å². The summed E-state index contributed by atoms with van der Waals surface area (Å²) in [4.78, 5) is 0. The van der Waals surface area contributed by atoms with Crippen LogP contribution in [0.3, 0.4) is 0 Å². The molecule has 1 radical (unpaired) electrons. The van der Waals surface area contributed by atoms with Crippen LogP contribution >= 0.6 is 0 Å². The molecule has 3 aliphatic rings. The number of aliphatic hydroxyl groups excluding tert-OH is 1. The zero-order chi connectivity index (χ0) is 16.5. The largest absolute Gasteiger partial charge is 0.390 e. The molecule has 0 aromatic rings. The van der Waals surface area contributed by atoms with E-state index in [9.17, 15) is 5.11 Å². The number of rotatable bonds is 4. The predicted molar refractivity (Wildman–Crippen MR) is 81.5 cm³/mol. The Bertz CT molecular complexity index is 425. The summed E-state index contributed by atoms with van der Waals surface area (Å²) in [6.45, 7) is 7.13. The molecule has 2 heterocycles. The fourth-order valence-electron chi connectivity index (χ4n) is 3.96. The molecule has 1 saturated carbocycles. The molecule has 23 heavy (non-hydrogen) atoms. The van der Waals surface area contributed by atoms with Gasteiger partial charge >= 0.3 is 0 Å². The van der Waals surface area contributed by atoms with Gasteiger partial charge in [-0.2, -0.15) is 0 Å². The number of hydrogen-bond donors (Lipinski definition) is 3. The number of hydrogen-bond acceptors (Lipinski definition) is 6. The summed E-state index contributed by atoms with van der Waals surface area (Å²) in [6, 6.07) is 0. The van der Waals surface area contributed by atoms with Crippen molar-refractivity contribution in [2.75, 3.05) is 13.7 Å². The maximum absolute atomic E-state index is 10.2. The number of methoxy groups -OCH3 is 1. The van der Waals surface area contributed by atoms with Crippen LogP contribution in [0.15, 0.2) is 11.6 Å². The van der Waals surface area contributed by atoms with Crippen molar-refractivity contribution < 1.29 is 57.2 Å². The van der Waals surface area contributed by atoms with E-state index in [-0.39, 0.29) is 62.0 Å². The maximum Gasteiger partial charge on any atom is 0.101 e. The van der Waals surface area contributed by atoms with Gasteiger partial charge in [0, 0.05) is 39.8 Å². The Kier molecular flexibility index (Phi) is 7.83. The third-order valence-electron chi connectivity index (χ3n) is 5.26. The first-order valence-corrected chi connectivity index (χ1v) is 7.85. The number of ether oxygens (including phenoxy) is 3. The van der Waals surface area contributed by atoms with Crippen molar-refractivity contribution in [3.63, 3.8) is 0 Å². The minimum atomic E-state index is -0.412. The van der Waals surface area contributed by atoms with Gasteiger partial charge in [-0.05, 0) is 40.0 Å². The van der Waals surface area contributed by atoms with Crippen LogP contribution in [0.1, 0.15) is 40.0 Å². The summed E-state index contributed by atoms with van der Waals surface area (Å²) in [5.41, 5.74) is 0.964. The minimum absolute atomic E-state index is 0. The maximum atomic E-state index is 10.2. The Labute approximate surface area is 163 Å². The molecule has 0 aromatic heterocycles. The van der Waals surface area contributed by atoms with Crippen LogP contribution < -0.4 is 5.90 Å². The van der Waals surface area contributed by atoms with E-state index in [4.69, 9.17) is 19.4 Å². The summed E-state index contributed by atoms with van der Waals surface area (Å²) >= 11 is 0. The van der Waals surface area contributed by atoms with Gasteiger partial charge in [0.05, 0.1) is 36.4 Å². The van der Waals surface area contributed by atoms with Crippen molar-refractivity contribution >= 4 is 0 Å². The van der Waals surface area contributed by atoms with Crippen molar-refractivity contribution in [3.8, 4) is 0 Å². The number of nitrogens with two attached hydrogens (primary N) is 1. The van der Waals surface area contributed by atoms with Crippen molar-refractivity contribution in [2.24, 2.45) is 11.8 Å². The number of epoxide rings is 2. The van der Waals surface area contributed by atoms with Gasteiger partial charge in [-0.3, -0.25) is 0 Å². The van der Waals surface area contributed by atoms with Crippen molar-refractivity contribution in [3.05, 3.63) is 11.6 Å². The Hall–Kier alpha value is 0.604. The Morgan fingerprint density at radius 2 is 2.00 bits per heavy atom. The molecule has 1 aliphatic carbocycles. The second kappa shape index (κ2) is 8.32. The van der Waals surface area contributed by atoms with Crippen molar-refractivity contribution in [1.82, 2.24) is 0 Å². The van der Waals surface area contributed by atoms with Crippen LogP contribution in [0, 0.1) is 5.92 Å². The van der Waals surface area contributed by atoms with Gasteiger partial charge in [-0.25, -0.2) is 5.90 Å². The van der Waals surface area contributed by atoms with Gasteiger partial charge in [0.2, 0.25) is 0 Å². The number of aliphatic hydroxyl groups is 1. The minimum Gasteiger partial charge on any atom is -0.390 e. The van der Waals surface area contributed by atoms with Gasteiger partial charge in [0.15, 0.2) is 0 Å². The molecule has 6 nitrogen and oxygen atoms in total. The standard InChI is InChI=1S/C16H26O4.H3NO.Y/c1-10(2)5-6-12-15(3,20-12)14-13(18-4)11(17)7-8-16(14)9-19-16;1-2;/h5,11-14,17H,6-9H2,1-4H3;2H,1H2;. The van der Waals surface area contributed by atoms with Crippen LogP contribution in [-0.4, -0.2) is 53.5 Å². The van der Waals surface area contributed by atoms with Crippen LogP contribution in [-0.2, 0) is 46.9 Å².